The quantitative estimate of drug-likeness (QED) is 0.877. The zero-order valence-corrected chi connectivity index (χ0v) is 10.5. The fraction of sp³-hybridized carbons (Fsp3) is 0.727. The third-order valence-corrected chi connectivity index (χ3v) is 4.24. The van der Waals surface area contributed by atoms with Crippen LogP contribution in [0.5, 0.6) is 0 Å². The smallest absolute Gasteiger partial charge is 0.272 e. The van der Waals surface area contributed by atoms with Gasteiger partial charge in [0, 0.05) is 12.5 Å². The van der Waals surface area contributed by atoms with Gasteiger partial charge in [-0.1, -0.05) is 0 Å². The lowest BCUT2D eigenvalue weighted by Gasteiger charge is -2.18. The summed E-state index contributed by atoms with van der Waals surface area (Å²) in [6, 6.07) is 0. The average Bonchev–Trinajstić information content (AvgIpc) is 3.01. The van der Waals surface area contributed by atoms with Crippen LogP contribution < -0.4 is 5.32 Å². The van der Waals surface area contributed by atoms with Gasteiger partial charge < -0.3 is 10.1 Å². The number of aryl methyl sites for hydroxylation is 1. The number of carbonyl (C=O) groups is 1. The predicted octanol–water partition coefficient (Wildman–Crippen LogP) is 1.14. The lowest BCUT2D eigenvalue weighted by molar-refractivity contribution is 0.0871. The van der Waals surface area contributed by atoms with Crippen LogP contribution in [0.25, 0.3) is 0 Å². The van der Waals surface area contributed by atoms with Gasteiger partial charge >= 0.3 is 0 Å². The zero-order valence-electron chi connectivity index (χ0n) is 9.68. The summed E-state index contributed by atoms with van der Waals surface area (Å²) in [6.45, 7) is 2.50. The molecular formula is C11H15N3O2S. The van der Waals surface area contributed by atoms with Crippen molar-refractivity contribution >= 4 is 17.6 Å². The minimum atomic E-state index is -0.112. The van der Waals surface area contributed by atoms with Gasteiger partial charge in [-0.2, -0.15) is 8.75 Å². The molecule has 0 saturated carbocycles. The SMILES string of the molecule is Cc1nsnc1C(=O)NC[C@@H]1C[C@@H]2CC[C@H]1O2. The summed E-state index contributed by atoms with van der Waals surface area (Å²) in [5.74, 6) is 0.364. The van der Waals surface area contributed by atoms with E-state index in [0.29, 0.717) is 36.1 Å². The molecule has 0 aromatic carbocycles. The Morgan fingerprint density at radius 2 is 2.41 bits per heavy atom. The molecule has 3 atom stereocenters. The predicted molar refractivity (Wildman–Crippen MR) is 63.0 cm³/mol. The molecule has 0 unspecified atom stereocenters. The first-order valence-electron chi connectivity index (χ1n) is 5.97. The summed E-state index contributed by atoms with van der Waals surface area (Å²) in [5.41, 5.74) is 1.16. The second kappa shape index (κ2) is 4.34. The highest BCUT2D eigenvalue weighted by Gasteiger charge is 2.40. The number of ether oxygens (including phenoxy) is 1. The first-order valence-corrected chi connectivity index (χ1v) is 6.70. The van der Waals surface area contributed by atoms with Crippen LogP contribution in [-0.2, 0) is 4.74 Å². The first kappa shape index (κ1) is 11.1. The van der Waals surface area contributed by atoms with E-state index in [1.54, 1.807) is 6.92 Å². The van der Waals surface area contributed by atoms with Gasteiger partial charge in [0.25, 0.3) is 5.91 Å². The molecule has 2 aliphatic heterocycles. The number of aromatic nitrogens is 2. The third-order valence-electron chi connectivity index (χ3n) is 3.62. The summed E-state index contributed by atoms with van der Waals surface area (Å²) in [5, 5.41) is 2.94. The summed E-state index contributed by atoms with van der Waals surface area (Å²) in [6.07, 6.45) is 4.20. The molecule has 2 aliphatic rings. The highest BCUT2D eigenvalue weighted by molar-refractivity contribution is 6.99. The number of rotatable bonds is 3. The molecule has 2 saturated heterocycles. The van der Waals surface area contributed by atoms with E-state index in [2.05, 4.69) is 14.1 Å². The van der Waals surface area contributed by atoms with E-state index in [4.69, 9.17) is 4.74 Å². The minimum absolute atomic E-state index is 0.112. The number of fused-ring (bicyclic) bond motifs is 2. The number of hydrogen-bond acceptors (Lipinski definition) is 5. The molecule has 17 heavy (non-hydrogen) atoms. The molecule has 6 heteroatoms. The molecule has 3 heterocycles. The first-order chi connectivity index (χ1) is 8.24. The molecular weight excluding hydrogens is 238 g/mol. The second-order valence-corrected chi connectivity index (χ2v) is 5.31. The molecule has 1 aromatic rings. The van der Waals surface area contributed by atoms with Crippen molar-refractivity contribution in [2.24, 2.45) is 5.92 Å². The Kier molecular flexibility index (Phi) is 2.84. The van der Waals surface area contributed by atoms with Crippen LogP contribution in [0.15, 0.2) is 0 Å². The highest BCUT2D eigenvalue weighted by Crippen LogP contribution is 2.38. The largest absolute Gasteiger partial charge is 0.375 e. The molecule has 3 rings (SSSR count). The maximum atomic E-state index is 11.8. The molecule has 0 aliphatic carbocycles. The molecule has 1 N–H and O–H groups in total. The van der Waals surface area contributed by atoms with Crippen molar-refractivity contribution in [1.82, 2.24) is 14.1 Å². The van der Waals surface area contributed by atoms with Crippen molar-refractivity contribution in [1.29, 1.82) is 0 Å². The Labute approximate surface area is 104 Å². The van der Waals surface area contributed by atoms with E-state index in [1.807, 2.05) is 0 Å². The minimum Gasteiger partial charge on any atom is -0.375 e. The number of hydrogen-bond donors (Lipinski definition) is 1. The van der Waals surface area contributed by atoms with Gasteiger partial charge in [0.05, 0.1) is 29.6 Å². The Morgan fingerprint density at radius 1 is 1.53 bits per heavy atom. The zero-order chi connectivity index (χ0) is 11.8. The molecule has 2 bridgehead atoms. The molecule has 5 nitrogen and oxygen atoms in total. The van der Waals surface area contributed by atoms with Crippen LogP contribution in [-0.4, -0.2) is 33.4 Å². The van der Waals surface area contributed by atoms with Crippen LogP contribution in [0.1, 0.15) is 35.4 Å². The Morgan fingerprint density at radius 3 is 3.00 bits per heavy atom. The maximum Gasteiger partial charge on any atom is 0.272 e. The van der Waals surface area contributed by atoms with E-state index in [9.17, 15) is 4.79 Å². The normalized spacial score (nSPS) is 30.8. The van der Waals surface area contributed by atoms with E-state index in [0.717, 1.165) is 24.6 Å². The van der Waals surface area contributed by atoms with Gasteiger partial charge in [0.15, 0.2) is 5.69 Å². The lowest BCUT2D eigenvalue weighted by Crippen LogP contribution is -2.34. The Bertz CT molecular complexity index is 434. The van der Waals surface area contributed by atoms with E-state index >= 15 is 0 Å². The van der Waals surface area contributed by atoms with Gasteiger partial charge in [-0.25, -0.2) is 0 Å². The number of amides is 1. The number of nitrogens with one attached hydrogen (secondary N) is 1. The topological polar surface area (TPSA) is 64.1 Å². The van der Waals surface area contributed by atoms with Gasteiger partial charge in [-0.3, -0.25) is 4.79 Å². The highest BCUT2D eigenvalue weighted by atomic mass is 32.1. The summed E-state index contributed by atoms with van der Waals surface area (Å²) < 4.78 is 13.8. The summed E-state index contributed by atoms with van der Waals surface area (Å²) in [4.78, 5) is 11.8. The van der Waals surface area contributed by atoms with Crippen molar-refractivity contribution in [2.45, 2.75) is 38.4 Å². The standard InChI is InChI=1S/C11H15N3O2S/c1-6-10(14-17-13-6)11(15)12-5-7-4-8-2-3-9(7)16-8/h7-9H,2-5H2,1H3,(H,12,15)/t7-,8-,9+/m0/s1. The van der Waals surface area contributed by atoms with Crippen LogP contribution in [0.3, 0.4) is 0 Å². The summed E-state index contributed by atoms with van der Waals surface area (Å²) in [7, 11) is 0. The fourth-order valence-corrected chi connectivity index (χ4v) is 3.25. The van der Waals surface area contributed by atoms with Gasteiger partial charge in [-0.15, -0.1) is 0 Å². The molecule has 2 fully saturated rings. The van der Waals surface area contributed by atoms with Crippen molar-refractivity contribution in [3.63, 3.8) is 0 Å². The van der Waals surface area contributed by atoms with Crippen LogP contribution in [0.2, 0.25) is 0 Å². The van der Waals surface area contributed by atoms with Gasteiger partial charge in [0.2, 0.25) is 0 Å². The van der Waals surface area contributed by atoms with E-state index in [1.165, 1.54) is 6.42 Å². The van der Waals surface area contributed by atoms with Crippen molar-refractivity contribution in [2.75, 3.05) is 6.54 Å². The van der Waals surface area contributed by atoms with Crippen LogP contribution in [0.4, 0.5) is 0 Å². The van der Waals surface area contributed by atoms with Crippen molar-refractivity contribution in [3.05, 3.63) is 11.4 Å². The lowest BCUT2D eigenvalue weighted by atomic mass is 9.89. The molecule has 1 amide bonds. The fourth-order valence-electron chi connectivity index (χ4n) is 2.70. The van der Waals surface area contributed by atoms with Crippen LogP contribution >= 0.6 is 11.7 Å². The van der Waals surface area contributed by atoms with Crippen molar-refractivity contribution in [3.8, 4) is 0 Å². The second-order valence-electron chi connectivity index (χ2n) is 4.78. The average molecular weight is 253 g/mol. The molecule has 0 radical (unpaired) electrons. The van der Waals surface area contributed by atoms with Crippen LogP contribution in [0, 0.1) is 12.8 Å². The Hall–Kier alpha value is -1.01. The maximum absolute atomic E-state index is 11.8. The molecule has 0 spiro atoms. The van der Waals surface area contributed by atoms with E-state index in [-0.39, 0.29) is 5.91 Å². The van der Waals surface area contributed by atoms with Gasteiger partial charge in [-0.05, 0) is 26.2 Å². The van der Waals surface area contributed by atoms with E-state index < -0.39 is 0 Å². The monoisotopic (exact) mass is 253 g/mol. The van der Waals surface area contributed by atoms with Gasteiger partial charge in [0.1, 0.15) is 0 Å². The number of nitrogens with zero attached hydrogens (tertiary/aromatic N) is 2. The Balaban J connectivity index is 1.55. The third kappa shape index (κ3) is 2.07. The summed E-state index contributed by atoms with van der Waals surface area (Å²) >= 11 is 1.08. The number of carbonyl (C=O) groups excluding carboxylic acids is 1. The molecule has 1 aromatic heterocycles. The van der Waals surface area contributed by atoms with Crippen molar-refractivity contribution < 1.29 is 9.53 Å². The molecule has 92 valence electrons.